The van der Waals surface area contributed by atoms with Crippen molar-refractivity contribution in [1.82, 2.24) is 4.90 Å². The Morgan fingerprint density at radius 2 is 2.00 bits per heavy atom. The number of aliphatic hydroxyl groups excluding tert-OH is 1. The van der Waals surface area contributed by atoms with Gasteiger partial charge in [0.25, 0.3) is 5.91 Å². The molecule has 4 heteroatoms. The SMILES string of the molecule is Cc1ccc2oc(C(=O)N(CC(C)O)C(C)C)cc2c1. The monoisotopic (exact) mass is 275 g/mol. The highest BCUT2D eigenvalue weighted by atomic mass is 16.3. The van der Waals surface area contributed by atoms with Crippen LogP contribution >= 0.6 is 0 Å². The van der Waals surface area contributed by atoms with Crippen LogP contribution in [-0.2, 0) is 0 Å². The summed E-state index contributed by atoms with van der Waals surface area (Å²) in [6.07, 6.45) is -0.562. The quantitative estimate of drug-likeness (QED) is 0.933. The first kappa shape index (κ1) is 14.6. The van der Waals surface area contributed by atoms with E-state index in [0.717, 1.165) is 10.9 Å². The lowest BCUT2D eigenvalue weighted by molar-refractivity contribution is 0.0551. The second kappa shape index (κ2) is 5.67. The smallest absolute Gasteiger partial charge is 0.289 e. The van der Waals surface area contributed by atoms with E-state index >= 15 is 0 Å². The fourth-order valence-corrected chi connectivity index (χ4v) is 2.22. The summed E-state index contributed by atoms with van der Waals surface area (Å²) in [7, 11) is 0. The molecule has 0 aliphatic rings. The van der Waals surface area contributed by atoms with Crippen LogP contribution in [0.15, 0.2) is 28.7 Å². The molecule has 1 atom stereocenters. The summed E-state index contributed by atoms with van der Waals surface area (Å²) in [4.78, 5) is 14.1. The fraction of sp³-hybridized carbons (Fsp3) is 0.438. The second-order valence-electron chi connectivity index (χ2n) is 5.55. The molecule has 4 nitrogen and oxygen atoms in total. The maximum atomic E-state index is 12.5. The zero-order valence-corrected chi connectivity index (χ0v) is 12.4. The lowest BCUT2D eigenvalue weighted by Gasteiger charge is -2.26. The number of furan rings is 1. The molecule has 2 rings (SSSR count). The Morgan fingerprint density at radius 3 is 2.60 bits per heavy atom. The van der Waals surface area contributed by atoms with Crippen LogP contribution in [0.4, 0.5) is 0 Å². The van der Waals surface area contributed by atoms with Crippen LogP contribution in [-0.4, -0.2) is 34.6 Å². The largest absolute Gasteiger partial charge is 0.451 e. The highest BCUT2D eigenvalue weighted by Crippen LogP contribution is 2.22. The first-order chi connectivity index (χ1) is 9.38. The van der Waals surface area contributed by atoms with E-state index in [1.165, 1.54) is 0 Å². The van der Waals surface area contributed by atoms with Gasteiger partial charge in [-0.05, 0) is 45.9 Å². The number of aliphatic hydroxyl groups is 1. The number of amides is 1. The van der Waals surface area contributed by atoms with Gasteiger partial charge in [-0.3, -0.25) is 4.79 Å². The highest BCUT2D eigenvalue weighted by Gasteiger charge is 2.23. The zero-order chi connectivity index (χ0) is 14.9. The molecule has 0 spiro atoms. The fourth-order valence-electron chi connectivity index (χ4n) is 2.22. The summed E-state index contributed by atoms with van der Waals surface area (Å²) in [5, 5.41) is 10.4. The van der Waals surface area contributed by atoms with Crippen molar-refractivity contribution in [3.05, 3.63) is 35.6 Å². The second-order valence-corrected chi connectivity index (χ2v) is 5.55. The minimum Gasteiger partial charge on any atom is -0.451 e. The molecule has 20 heavy (non-hydrogen) atoms. The van der Waals surface area contributed by atoms with Crippen molar-refractivity contribution >= 4 is 16.9 Å². The topological polar surface area (TPSA) is 53.7 Å². The molecule has 0 radical (unpaired) electrons. The summed E-state index contributed by atoms with van der Waals surface area (Å²) >= 11 is 0. The van der Waals surface area contributed by atoms with Crippen molar-refractivity contribution in [2.45, 2.75) is 39.8 Å². The standard InChI is InChI=1S/C16H21NO3/c1-10(2)17(9-12(4)18)16(19)15-8-13-7-11(3)5-6-14(13)20-15/h5-8,10,12,18H,9H2,1-4H3. The van der Waals surface area contributed by atoms with Crippen LogP contribution < -0.4 is 0 Å². The Balaban J connectivity index is 2.33. The molecule has 0 saturated carbocycles. The van der Waals surface area contributed by atoms with Crippen molar-refractivity contribution in [3.63, 3.8) is 0 Å². The summed E-state index contributed by atoms with van der Waals surface area (Å²) in [5.74, 6) is 0.134. The lowest BCUT2D eigenvalue weighted by atomic mass is 10.2. The van der Waals surface area contributed by atoms with E-state index in [1.807, 2.05) is 39.0 Å². The molecule has 0 fully saturated rings. The van der Waals surface area contributed by atoms with Gasteiger partial charge >= 0.3 is 0 Å². The third-order valence-electron chi connectivity index (χ3n) is 3.23. The number of carbonyl (C=O) groups excluding carboxylic acids is 1. The van der Waals surface area contributed by atoms with Gasteiger partial charge in [0, 0.05) is 18.0 Å². The Labute approximate surface area is 119 Å². The van der Waals surface area contributed by atoms with Gasteiger partial charge in [-0.25, -0.2) is 0 Å². The van der Waals surface area contributed by atoms with Crippen molar-refractivity contribution in [1.29, 1.82) is 0 Å². The van der Waals surface area contributed by atoms with Crippen molar-refractivity contribution in [3.8, 4) is 0 Å². The van der Waals surface area contributed by atoms with Crippen LogP contribution in [0.3, 0.4) is 0 Å². The zero-order valence-electron chi connectivity index (χ0n) is 12.4. The number of aryl methyl sites for hydroxylation is 1. The first-order valence-corrected chi connectivity index (χ1v) is 6.87. The lowest BCUT2D eigenvalue weighted by Crippen LogP contribution is -2.41. The number of rotatable bonds is 4. The predicted octanol–water partition coefficient (Wildman–Crippen LogP) is 2.97. The Kier molecular flexibility index (Phi) is 4.14. The minimum atomic E-state index is -0.562. The van der Waals surface area contributed by atoms with Crippen LogP contribution in [0.2, 0.25) is 0 Å². The molecule has 0 aliphatic carbocycles. The molecular formula is C16H21NO3. The molecule has 1 amide bonds. The average Bonchev–Trinajstić information content (AvgIpc) is 2.77. The van der Waals surface area contributed by atoms with E-state index in [1.54, 1.807) is 17.9 Å². The van der Waals surface area contributed by atoms with Crippen LogP contribution in [0, 0.1) is 6.92 Å². The van der Waals surface area contributed by atoms with Gasteiger partial charge in [0.15, 0.2) is 5.76 Å². The summed E-state index contributed by atoms with van der Waals surface area (Å²) in [6.45, 7) is 7.82. The summed E-state index contributed by atoms with van der Waals surface area (Å²) < 4.78 is 5.62. The molecule has 108 valence electrons. The average molecular weight is 275 g/mol. The number of hydrogen-bond donors (Lipinski definition) is 1. The van der Waals surface area contributed by atoms with Crippen molar-refractivity contribution in [2.24, 2.45) is 0 Å². The molecular weight excluding hydrogens is 254 g/mol. The molecule has 0 bridgehead atoms. The van der Waals surface area contributed by atoms with Gasteiger partial charge in [0.05, 0.1) is 6.10 Å². The molecule has 0 saturated heterocycles. The van der Waals surface area contributed by atoms with E-state index in [-0.39, 0.29) is 11.9 Å². The van der Waals surface area contributed by atoms with Gasteiger partial charge < -0.3 is 14.4 Å². The number of fused-ring (bicyclic) bond motifs is 1. The number of benzene rings is 1. The minimum absolute atomic E-state index is 0.00653. The van der Waals surface area contributed by atoms with Gasteiger partial charge in [0.2, 0.25) is 0 Å². The van der Waals surface area contributed by atoms with Gasteiger partial charge in [-0.2, -0.15) is 0 Å². The van der Waals surface area contributed by atoms with Crippen LogP contribution in [0.25, 0.3) is 11.0 Å². The maximum Gasteiger partial charge on any atom is 0.289 e. The molecule has 1 heterocycles. The summed E-state index contributed by atoms with van der Waals surface area (Å²) in [5.41, 5.74) is 1.83. The van der Waals surface area contributed by atoms with Crippen molar-refractivity contribution < 1.29 is 14.3 Å². The highest BCUT2D eigenvalue weighted by molar-refractivity contribution is 5.96. The van der Waals surface area contributed by atoms with Crippen LogP contribution in [0.1, 0.15) is 36.9 Å². The van der Waals surface area contributed by atoms with E-state index in [4.69, 9.17) is 4.42 Å². The molecule has 1 N–H and O–H groups in total. The number of carbonyl (C=O) groups is 1. The molecule has 0 aliphatic heterocycles. The van der Waals surface area contributed by atoms with Crippen molar-refractivity contribution in [2.75, 3.05) is 6.54 Å². The van der Waals surface area contributed by atoms with E-state index < -0.39 is 6.10 Å². The Bertz CT molecular complexity index is 613. The van der Waals surface area contributed by atoms with E-state index in [9.17, 15) is 9.90 Å². The summed E-state index contributed by atoms with van der Waals surface area (Å²) in [6, 6.07) is 7.59. The third kappa shape index (κ3) is 3.02. The molecule has 1 aromatic carbocycles. The molecule has 1 unspecified atom stereocenters. The van der Waals surface area contributed by atoms with E-state index in [0.29, 0.717) is 17.9 Å². The first-order valence-electron chi connectivity index (χ1n) is 6.87. The number of hydrogen-bond acceptors (Lipinski definition) is 3. The Morgan fingerprint density at radius 1 is 1.30 bits per heavy atom. The maximum absolute atomic E-state index is 12.5. The van der Waals surface area contributed by atoms with Crippen LogP contribution in [0.5, 0.6) is 0 Å². The molecule has 2 aromatic rings. The third-order valence-corrected chi connectivity index (χ3v) is 3.23. The van der Waals surface area contributed by atoms with Gasteiger partial charge in [-0.1, -0.05) is 11.6 Å². The number of nitrogens with zero attached hydrogens (tertiary/aromatic N) is 1. The van der Waals surface area contributed by atoms with Gasteiger partial charge in [-0.15, -0.1) is 0 Å². The predicted molar refractivity (Wildman–Crippen MR) is 78.8 cm³/mol. The van der Waals surface area contributed by atoms with E-state index in [2.05, 4.69) is 0 Å². The molecule has 1 aromatic heterocycles. The normalized spacial score (nSPS) is 12.9. The Hall–Kier alpha value is -1.81. The van der Waals surface area contributed by atoms with Gasteiger partial charge in [0.1, 0.15) is 5.58 Å².